The van der Waals surface area contributed by atoms with Gasteiger partial charge in [0.15, 0.2) is 0 Å². The number of hydrogen-bond donors (Lipinski definition) is 4. The third-order valence-electron chi connectivity index (χ3n) is 1.76. The van der Waals surface area contributed by atoms with E-state index in [0.717, 1.165) is 5.56 Å². The third-order valence-corrected chi connectivity index (χ3v) is 1.76. The van der Waals surface area contributed by atoms with Gasteiger partial charge >= 0.3 is 12.1 Å². The van der Waals surface area contributed by atoms with Gasteiger partial charge in [-0.05, 0) is 24.6 Å². The standard InChI is InChI=1S/C9H12N4O2/c1-5-2-3-6(12-8(10)14)4-7(5)13-9(11)15/h2-4H,1H3,(H3,10,12,14)(H3,11,13,15). The summed E-state index contributed by atoms with van der Waals surface area (Å²) in [7, 11) is 0. The summed E-state index contributed by atoms with van der Waals surface area (Å²) in [6.45, 7) is 1.80. The SMILES string of the molecule is Cc1ccc(NC(N)=O)cc1NC(N)=O. The van der Waals surface area contributed by atoms with Crippen molar-refractivity contribution in [2.75, 3.05) is 10.6 Å². The number of amides is 4. The summed E-state index contributed by atoms with van der Waals surface area (Å²) in [5.41, 5.74) is 11.8. The Kier molecular flexibility index (Phi) is 3.12. The lowest BCUT2D eigenvalue weighted by molar-refractivity contribution is 0.258. The Hall–Kier alpha value is -2.24. The molecule has 0 fully saturated rings. The zero-order valence-electron chi connectivity index (χ0n) is 8.20. The Balaban J connectivity index is 2.94. The van der Waals surface area contributed by atoms with Crippen molar-refractivity contribution in [3.63, 3.8) is 0 Å². The van der Waals surface area contributed by atoms with Gasteiger partial charge in [-0.1, -0.05) is 6.07 Å². The van der Waals surface area contributed by atoms with Crippen molar-refractivity contribution < 1.29 is 9.59 Å². The second-order valence-corrected chi connectivity index (χ2v) is 3.01. The second-order valence-electron chi connectivity index (χ2n) is 3.01. The summed E-state index contributed by atoms with van der Waals surface area (Å²) in [5, 5.41) is 4.83. The predicted octanol–water partition coefficient (Wildman–Crippen LogP) is 0.976. The summed E-state index contributed by atoms with van der Waals surface area (Å²) >= 11 is 0. The maximum atomic E-state index is 10.7. The lowest BCUT2D eigenvalue weighted by Crippen LogP contribution is -2.21. The Labute approximate surface area is 86.6 Å². The largest absolute Gasteiger partial charge is 0.351 e. The maximum absolute atomic E-state index is 10.7. The van der Waals surface area contributed by atoms with Crippen LogP contribution in [-0.2, 0) is 0 Å². The van der Waals surface area contributed by atoms with E-state index in [0.29, 0.717) is 11.4 Å². The molecule has 0 saturated heterocycles. The zero-order valence-corrected chi connectivity index (χ0v) is 8.20. The van der Waals surface area contributed by atoms with Gasteiger partial charge in [0.25, 0.3) is 0 Å². The van der Waals surface area contributed by atoms with Gasteiger partial charge in [-0.25, -0.2) is 9.59 Å². The molecule has 4 amide bonds. The summed E-state index contributed by atoms with van der Waals surface area (Å²) in [6, 6.07) is 3.66. The molecule has 15 heavy (non-hydrogen) atoms. The van der Waals surface area contributed by atoms with Crippen LogP contribution in [0, 0.1) is 6.92 Å². The molecule has 0 aliphatic rings. The first-order valence-electron chi connectivity index (χ1n) is 4.22. The molecular weight excluding hydrogens is 196 g/mol. The Bertz CT molecular complexity index is 403. The van der Waals surface area contributed by atoms with Crippen LogP contribution in [0.1, 0.15) is 5.56 Å². The van der Waals surface area contributed by atoms with Crippen molar-refractivity contribution >= 4 is 23.4 Å². The molecule has 6 N–H and O–H groups in total. The molecule has 0 aliphatic carbocycles. The molecule has 6 nitrogen and oxygen atoms in total. The van der Waals surface area contributed by atoms with Crippen molar-refractivity contribution in [1.29, 1.82) is 0 Å². The van der Waals surface area contributed by atoms with E-state index in [1.165, 1.54) is 0 Å². The van der Waals surface area contributed by atoms with Crippen LogP contribution in [0.4, 0.5) is 21.0 Å². The van der Waals surface area contributed by atoms with Gasteiger partial charge in [0, 0.05) is 11.4 Å². The van der Waals surface area contributed by atoms with Crippen LogP contribution in [0.2, 0.25) is 0 Å². The number of urea groups is 2. The van der Waals surface area contributed by atoms with Gasteiger partial charge in [-0.15, -0.1) is 0 Å². The molecule has 0 aliphatic heterocycles. The molecule has 0 heterocycles. The first-order chi connectivity index (χ1) is 6.99. The first-order valence-corrected chi connectivity index (χ1v) is 4.22. The van der Waals surface area contributed by atoms with Gasteiger partial charge < -0.3 is 22.1 Å². The minimum Gasteiger partial charge on any atom is -0.351 e. The molecule has 1 aromatic carbocycles. The van der Waals surface area contributed by atoms with Crippen LogP contribution in [0.5, 0.6) is 0 Å². The van der Waals surface area contributed by atoms with E-state index in [4.69, 9.17) is 11.5 Å². The molecule has 0 radical (unpaired) electrons. The van der Waals surface area contributed by atoms with Crippen LogP contribution in [0.25, 0.3) is 0 Å². The number of carbonyl (C=O) groups is 2. The quantitative estimate of drug-likeness (QED) is 0.580. The summed E-state index contributed by atoms with van der Waals surface area (Å²) in [6.07, 6.45) is 0. The number of primary amides is 2. The highest BCUT2D eigenvalue weighted by Crippen LogP contribution is 2.19. The lowest BCUT2D eigenvalue weighted by atomic mass is 10.2. The molecule has 0 saturated carbocycles. The maximum Gasteiger partial charge on any atom is 0.316 e. The summed E-state index contributed by atoms with van der Waals surface area (Å²) < 4.78 is 0. The van der Waals surface area contributed by atoms with Crippen LogP contribution < -0.4 is 22.1 Å². The van der Waals surface area contributed by atoms with E-state index in [1.54, 1.807) is 25.1 Å². The number of nitrogens with two attached hydrogens (primary N) is 2. The van der Waals surface area contributed by atoms with E-state index >= 15 is 0 Å². The first kappa shape index (κ1) is 10.8. The number of rotatable bonds is 2. The van der Waals surface area contributed by atoms with E-state index < -0.39 is 12.1 Å². The minimum absolute atomic E-state index is 0.497. The van der Waals surface area contributed by atoms with Gasteiger partial charge in [-0.3, -0.25) is 0 Å². The minimum atomic E-state index is -0.663. The molecular formula is C9H12N4O2. The summed E-state index contributed by atoms with van der Waals surface area (Å²) in [5.74, 6) is 0. The fourth-order valence-electron chi connectivity index (χ4n) is 1.11. The average molecular weight is 208 g/mol. The topological polar surface area (TPSA) is 110 Å². The van der Waals surface area contributed by atoms with Gasteiger partial charge in [-0.2, -0.15) is 0 Å². The number of hydrogen-bond acceptors (Lipinski definition) is 2. The molecule has 1 rings (SSSR count). The monoisotopic (exact) mass is 208 g/mol. The van der Waals surface area contributed by atoms with Crippen LogP contribution >= 0.6 is 0 Å². The van der Waals surface area contributed by atoms with E-state index in [-0.39, 0.29) is 0 Å². The Morgan fingerprint density at radius 2 is 1.73 bits per heavy atom. The predicted molar refractivity (Wildman–Crippen MR) is 57.6 cm³/mol. The van der Waals surface area contributed by atoms with Crippen LogP contribution in [0.3, 0.4) is 0 Å². The van der Waals surface area contributed by atoms with E-state index in [2.05, 4.69) is 10.6 Å². The molecule has 0 aromatic heterocycles. The molecule has 0 spiro atoms. The summed E-state index contributed by atoms with van der Waals surface area (Å²) in [4.78, 5) is 21.2. The highest BCUT2D eigenvalue weighted by Gasteiger charge is 2.03. The average Bonchev–Trinajstić information content (AvgIpc) is 2.09. The third kappa shape index (κ3) is 3.18. The highest BCUT2D eigenvalue weighted by atomic mass is 16.2. The number of nitrogens with one attached hydrogen (secondary N) is 2. The van der Waals surface area contributed by atoms with Gasteiger partial charge in [0.05, 0.1) is 0 Å². The van der Waals surface area contributed by atoms with Gasteiger partial charge in [0.1, 0.15) is 0 Å². The molecule has 0 unspecified atom stereocenters. The number of anilines is 2. The highest BCUT2D eigenvalue weighted by molar-refractivity contribution is 5.92. The molecule has 1 aromatic rings. The second kappa shape index (κ2) is 4.32. The fourth-order valence-corrected chi connectivity index (χ4v) is 1.11. The van der Waals surface area contributed by atoms with Gasteiger partial charge in [0.2, 0.25) is 0 Å². The lowest BCUT2D eigenvalue weighted by Gasteiger charge is -2.08. The Morgan fingerprint density at radius 3 is 2.27 bits per heavy atom. The van der Waals surface area contributed by atoms with Crippen molar-refractivity contribution in [2.45, 2.75) is 6.92 Å². The van der Waals surface area contributed by atoms with Crippen molar-refractivity contribution in [3.05, 3.63) is 23.8 Å². The van der Waals surface area contributed by atoms with Crippen molar-refractivity contribution in [3.8, 4) is 0 Å². The normalized spacial score (nSPS) is 9.40. The van der Waals surface area contributed by atoms with Crippen LogP contribution in [-0.4, -0.2) is 12.1 Å². The number of aryl methyl sites for hydroxylation is 1. The zero-order chi connectivity index (χ0) is 11.4. The number of benzene rings is 1. The van der Waals surface area contributed by atoms with E-state index in [1.807, 2.05) is 0 Å². The van der Waals surface area contributed by atoms with E-state index in [9.17, 15) is 9.59 Å². The molecule has 6 heteroatoms. The smallest absolute Gasteiger partial charge is 0.316 e. The number of carbonyl (C=O) groups excluding carboxylic acids is 2. The fraction of sp³-hybridized carbons (Fsp3) is 0.111. The van der Waals surface area contributed by atoms with Crippen molar-refractivity contribution in [1.82, 2.24) is 0 Å². The Morgan fingerprint density at radius 1 is 1.13 bits per heavy atom. The van der Waals surface area contributed by atoms with Crippen LogP contribution in [0.15, 0.2) is 18.2 Å². The van der Waals surface area contributed by atoms with Crippen molar-refractivity contribution in [2.24, 2.45) is 11.5 Å². The molecule has 0 atom stereocenters. The molecule has 0 bridgehead atoms. The molecule has 80 valence electrons.